The number of aromatic hydroxyl groups is 2. The maximum absolute atomic E-state index is 14.4. The van der Waals surface area contributed by atoms with Crippen molar-refractivity contribution in [2.45, 2.75) is 51.5 Å². The molecule has 5 aromatic rings. The number of benzene rings is 5. The molecule has 0 unspecified atom stereocenters. The number of alkyl carbamates (subject to hydrolysis) is 2. The maximum Gasteiger partial charge on any atom is 0.414 e. The number of hydrogen-bond donors (Lipinski definition) is 5. The summed E-state index contributed by atoms with van der Waals surface area (Å²) in [5.74, 6) is -1.20. The standard InChI is InChI=1S/C44H45N5O8/c1-30(33-18-22-36(50)23-19-33)49(40(52)27-35-15-8-9-16-38(35)34-20-24-37(51)25-21-34)39(41(45)53)17-10-26-46-42(47-43(54)56-28-31-11-4-2-5-12-31)48-44(55)57-29-32-13-6-3-7-14-32/h2-9,11-16,18-25,30,39,50-51H,10,17,26-29H2,1H3,(H2,45,53)(H2,46,47,48,54,55)/t30-,39-/m1/s1. The van der Waals surface area contributed by atoms with Crippen LogP contribution in [0.1, 0.15) is 48.1 Å². The molecular formula is C44H45N5O8. The van der Waals surface area contributed by atoms with E-state index in [1.165, 1.54) is 17.0 Å². The molecule has 0 radical (unpaired) electrons. The molecule has 6 N–H and O–H groups in total. The lowest BCUT2D eigenvalue weighted by molar-refractivity contribution is -0.141. The van der Waals surface area contributed by atoms with E-state index in [1.54, 1.807) is 67.6 Å². The Morgan fingerprint density at radius 3 is 1.75 bits per heavy atom. The highest BCUT2D eigenvalue weighted by atomic mass is 16.6. The number of phenols is 2. The van der Waals surface area contributed by atoms with Gasteiger partial charge in [-0.2, -0.15) is 0 Å². The lowest BCUT2D eigenvalue weighted by atomic mass is 9.95. The van der Waals surface area contributed by atoms with Gasteiger partial charge in [0.1, 0.15) is 30.8 Å². The summed E-state index contributed by atoms with van der Waals surface area (Å²) >= 11 is 0. The maximum atomic E-state index is 14.4. The van der Waals surface area contributed by atoms with E-state index < -0.39 is 30.2 Å². The molecule has 0 aliphatic heterocycles. The zero-order chi connectivity index (χ0) is 40.6. The lowest BCUT2D eigenvalue weighted by Crippen LogP contribution is -2.49. The topological polar surface area (TPSA) is 193 Å². The van der Waals surface area contributed by atoms with Crippen molar-refractivity contribution in [2.75, 3.05) is 6.54 Å². The minimum absolute atomic E-state index is 0.00362. The molecule has 0 fully saturated rings. The largest absolute Gasteiger partial charge is 0.508 e. The van der Waals surface area contributed by atoms with Crippen LogP contribution in [0.15, 0.2) is 138 Å². The monoisotopic (exact) mass is 771 g/mol. The van der Waals surface area contributed by atoms with Crippen molar-refractivity contribution in [1.29, 1.82) is 0 Å². The third-order valence-corrected chi connectivity index (χ3v) is 9.05. The van der Waals surface area contributed by atoms with E-state index >= 15 is 0 Å². The summed E-state index contributed by atoms with van der Waals surface area (Å²) in [5, 5.41) is 24.7. The number of amides is 4. The van der Waals surface area contributed by atoms with Crippen molar-refractivity contribution in [2.24, 2.45) is 10.7 Å². The van der Waals surface area contributed by atoms with Crippen LogP contribution < -0.4 is 16.4 Å². The summed E-state index contributed by atoms with van der Waals surface area (Å²) in [7, 11) is 0. The Balaban J connectivity index is 1.33. The SMILES string of the molecule is C[C@H](c1ccc(O)cc1)N(C(=O)Cc1ccccc1-c1ccc(O)cc1)[C@H](CCCN=C(NC(=O)OCc1ccccc1)NC(=O)OCc1ccccc1)C(N)=O. The molecule has 5 rings (SSSR count). The van der Waals surface area contributed by atoms with Crippen molar-refractivity contribution in [3.8, 4) is 22.6 Å². The molecule has 0 spiro atoms. The van der Waals surface area contributed by atoms with Crippen LogP contribution in [0.2, 0.25) is 0 Å². The van der Waals surface area contributed by atoms with Gasteiger partial charge >= 0.3 is 12.2 Å². The highest BCUT2D eigenvalue weighted by Gasteiger charge is 2.33. The van der Waals surface area contributed by atoms with Crippen LogP contribution in [0.5, 0.6) is 11.5 Å². The third kappa shape index (κ3) is 12.4. The number of rotatable bonds is 15. The van der Waals surface area contributed by atoms with Crippen molar-refractivity contribution in [3.63, 3.8) is 0 Å². The number of guanidine groups is 1. The fraction of sp³-hybridized carbons (Fsp3) is 0.205. The van der Waals surface area contributed by atoms with Crippen LogP contribution in [-0.4, -0.2) is 57.7 Å². The summed E-state index contributed by atoms with van der Waals surface area (Å²) in [6.45, 7) is 1.72. The van der Waals surface area contributed by atoms with E-state index in [0.29, 0.717) is 11.1 Å². The minimum atomic E-state index is -1.09. The Morgan fingerprint density at radius 1 is 0.702 bits per heavy atom. The Kier molecular flexibility index (Phi) is 14.8. The van der Waals surface area contributed by atoms with Crippen molar-refractivity contribution >= 4 is 30.0 Å². The number of aliphatic imine (C=N–C) groups is 1. The molecule has 0 heterocycles. The highest BCUT2D eigenvalue weighted by Crippen LogP contribution is 2.30. The summed E-state index contributed by atoms with van der Waals surface area (Å²) < 4.78 is 10.6. The number of phenolic OH excluding ortho intramolecular Hbond substituents is 2. The predicted octanol–water partition coefficient (Wildman–Crippen LogP) is 6.74. The average molecular weight is 772 g/mol. The molecule has 0 bridgehead atoms. The van der Waals surface area contributed by atoms with E-state index in [0.717, 1.165) is 22.3 Å². The summed E-state index contributed by atoms with van der Waals surface area (Å²) in [6, 6.07) is 36.7. The van der Waals surface area contributed by atoms with Gasteiger partial charge in [0.05, 0.1) is 12.5 Å². The second-order valence-corrected chi connectivity index (χ2v) is 13.1. The Hall–Kier alpha value is -7.15. The van der Waals surface area contributed by atoms with E-state index in [1.807, 2.05) is 60.7 Å². The quantitative estimate of drug-likeness (QED) is 0.0439. The van der Waals surface area contributed by atoms with E-state index in [2.05, 4.69) is 15.6 Å². The number of carbonyl (C=O) groups is 4. The molecule has 4 amide bonds. The van der Waals surface area contributed by atoms with Crippen LogP contribution in [0.3, 0.4) is 0 Å². The molecule has 0 saturated heterocycles. The molecule has 0 aliphatic carbocycles. The van der Waals surface area contributed by atoms with E-state index in [4.69, 9.17) is 15.2 Å². The molecular weight excluding hydrogens is 727 g/mol. The molecule has 57 heavy (non-hydrogen) atoms. The van der Waals surface area contributed by atoms with Gasteiger partial charge in [0.2, 0.25) is 17.8 Å². The number of hydrogen-bond acceptors (Lipinski definition) is 9. The van der Waals surface area contributed by atoms with Gasteiger partial charge in [-0.15, -0.1) is 0 Å². The average Bonchev–Trinajstić information content (AvgIpc) is 3.21. The van der Waals surface area contributed by atoms with Crippen LogP contribution in [0.25, 0.3) is 11.1 Å². The normalized spacial score (nSPS) is 11.7. The van der Waals surface area contributed by atoms with Crippen LogP contribution in [0.4, 0.5) is 9.59 Å². The second-order valence-electron chi connectivity index (χ2n) is 13.1. The van der Waals surface area contributed by atoms with E-state index in [-0.39, 0.29) is 62.4 Å². The van der Waals surface area contributed by atoms with Gasteiger partial charge in [0, 0.05) is 6.54 Å². The first-order valence-corrected chi connectivity index (χ1v) is 18.3. The molecule has 2 atom stereocenters. The van der Waals surface area contributed by atoms with E-state index in [9.17, 15) is 29.4 Å². The van der Waals surface area contributed by atoms with Crippen LogP contribution in [-0.2, 0) is 38.7 Å². The number of primary amides is 1. The molecule has 0 saturated carbocycles. The molecule has 13 nitrogen and oxygen atoms in total. The first-order valence-electron chi connectivity index (χ1n) is 18.3. The number of nitrogens with zero attached hydrogens (tertiary/aromatic N) is 2. The molecule has 294 valence electrons. The molecule has 0 aliphatic rings. The smallest absolute Gasteiger partial charge is 0.414 e. The third-order valence-electron chi connectivity index (χ3n) is 9.05. The van der Waals surface area contributed by atoms with Crippen LogP contribution >= 0.6 is 0 Å². The Bertz CT molecular complexity index is 2070. The number of ether oxygens (including phenoxy) is 2. The van der Waals surface area contributed by atoms with Gasteiger partial charge < -0.3 is 30.3 Å². The van der Waals surface area contributed by atoms with Gasteiger partial charge in [-0.25, -0.2) is 9.59 Å². The molecule has 0 aromatic heterocycles. The van der Waals surface area contributed by atoms with Crippen LogP contribution in [0, 0.1) is 0 Å². The van der Waals surface area contributed by atoms with Gasteiger partial charge in [0.25, 0.3) is 0 Å². The summed E-state index contributed by atoms with van der Waals surface area (Å²) in [5.41, 5.74) is 10.4. The Labute approximate surface area is 330 Å². The zero-order valence-corrected chi connectivity index (χ0v) is 31.4. The predicted molar refractivity (Wildman–Crippen MR) is 215 cm³/mol. The van der Waals surface area contributed by atoms with Crippen molar-refractivity contribution < 1.29 is 38.9 Å². The number of nitrogens with one attached hydrogen (secondary N) is 2. The first-order chi connectivity index (χ1) is 27.6. The fourth-order valence-corrected chi connectivity index (χ4v) is 6.14. The van der Waals surface area contributed by atoms with Gasteiger partial charge in [0.15, 0.2) is 0 Å². The van der Waals surface area contributed by atoms with Gasteiger partial charge in [-0.1, -0.05) is 109 Å². The molecule has 5 aromatic carbocycles. The summed E-state index contributed by atoms with van der Waals surface area (Å²) in [6.07, 6.45) is -1.53. The van der Waals surface area contributed by atoms with Crippen molar-refractivity contribution in [1.82, 2.24) is 15.5 Å². The first kappa shape index (κ1) is 41.0. The Morgan fingerprint density at radius 2 is 1.21 bits per heavy atom. The molecule has 13 heteroatoms. The van der Waals surface area contributed by atoms with Gasteiger partial charge in [-0.3, -0.25) is 25.2 Å². The zero-order valence-electron chi connectivity index (χ0n) is 31.4. The summed E-state index contributed by atoms with van der Waals surface area (Å²) in [4.78, 5) is 58.9. The van der Waals surface area contributed by atoms with Crippen molar-refractivity contribution in [3.05, 3.63) is 156 Å². The minimum Gasteiger partial charge on any atom is -0.508 e. The van der Waals surface area contributed by atoms with Gasteiger partial charge in [-0.05, 0) is 77.4 Å². The number of nitrogens with two attached hydrogens (primary N) is 1. The second kappa shape index (κ2) is 20.5. The highest BCUT2D eigenvalue weighted by molar-refractivity contribution is 6.01. The number of carbonyl (C=O) groups excluding carboxylic acids is 4. The fourth-order valence-electron chi connectivity index (χ4n) is 6.14. The lowest BCUT2D eigenvalue weighted by Gasteiger charge is -2.35.